The second-order valence-corrected chi connectivity index (χ2v) is 13.0. The third-order valence-corrected chi connectivity index (χ3v) is 8.65. The number of hydrogen-bond donors (Lipinski definition) is 2. The number of benzene rings is 2. The molecule has 0 bridgehead atoms. The van der Waals surface area contributed by atoms with Crippen molar-refractivity contribution in [2.45, 2.75) is 19.0 Å². The van der Waals surface area contributed by atoms with Crippen LogP contribution in [0.1, 0.15) is 27.9 Å². The van der Waals surface area contributed by atoms with Gasteiger partial charge in [0.15, 0.2) is 57.7 Å². The summed E-state index contributed by atoms with van der Waals surface area (Å²) in [5.74, 6) is -0.623. The predicted molar refractivity (Wildman–Crippen MR) is 226 cm³/mol. The van der Waals surface area contributed by atoms with Crippen LogP contribution in [0.25, 0.3) is 0 Å². The summed E-state index contributed by atoms with van der Waals surface area (Å²) < 4.78 is 53.6. The third-order valence-electron chi connectivity index (χ3n) is 8.65. The molecule has 0 saturated carbocycles. The molecule has 0 saturated heterocycles. The summed E-state index contributed by atoms with van der Waals surface area (Å²) in [6.07, 6.45) is 5.69. The first kappa shape index (κ1) is 47.1. The normalized spacial score (nSPS) is 14.9. The lowest BCUT2D eigenvalue weighted by Gasteiger charge is -2.19. The van der Waals surface area contributed by atoms with Gasteiger partial charge in [0.1, 0.15) is 36.8 Å². The van der Waals surface area contributed by atoms with Crippen molar-refractivity contribution in [2.75, 3.05) is 43.7 Å². The van der Waals surface area contributed by atoms with E-state index in [-0.39, 0.29) is 72.5 Å². The molecule has 2 aliphatic rings. The van der Waals surface area contributed by atoms with Crippen LogP contribution in [0, 0.1) is 11.6 Å². The molecule has 22 heteroatoms. The number of carbonyl (C=O) groups is 4. The number of anilines is 2. The van der Waals surface area contributed by atoms with Crippen LogP contribution in [0.3, 0.4) is 0 Å². The van der Waals surface area contributed by atoms with Gasteiger partial charge in [0.2, 0.25) is 5.91 Å². The number of para-hydroxylation sites is 2. The average Bonchev–Trinajstić information content (AvgIpc) is 3.49. The molecule has 6 heterocycles. The molecule has 6 aromatic rings. The SMILES string of the molecule is CCOC(=O)c1cc(Oc2ccccc2F)cnn1.CN1C(=O)[C@@H](N)COc2cccnc21.CN1C(=O)[C@@H](NC(=O)c2cc(Oc3ccccc3F)cnn2)COc2cccnc21.Cl. The second kappa shape index (κ2) is 22.3. The number of rotatable bonds is 8. The fourth-order valence-corrected chi connectivity index (χ4v) is 5.55. The highest BCUT2D eigenvalue weighted by Gasteiger charge is 2.32. The van der Waals surface area contributed by atoms with E-state index in [1.54, 1.807) is 75.9 Å². The molecule has 2 atom stereocenters. The van der Waals surface area contributed by atoms with E-state index in [1.807, 2.05) is 0 Å². The number of ether oxygens (including phenoxy) is 5. The average molecular weight is 901 g/mol. The van der Waals surface area contributed by atoms with Crippen LogP contribution in [-0.2, 0) is 14.3 Å². The molecule has 0 fully saturated rings. The van der Waals surface area contributed by atoms with Gasteiger partial charge in [0.05, 0.1) is 19.0 Å². The van der Waals surface area contributed by atoms with Gasteiger partial charge in [-0.2, -0.15) is 10.2 Å². The van der Waals surface area contributed by atoms with Crippen molar-refractivity contribution in [3.05, 3.63) is 133 Å². The van der Waals surface area contributed by atoms with Crippen molar-refractivity contribution in [3.63, 3.8) is 0 Å². The fourth-order valence-electron chi connectivity index (χ4n) is 5.55. The maximum absolute atomic E-state index is 13.8. The van der Waals surface area contributed by atoms with E-state index in [0.29, 0.717) is 23.1 Å². The maximum Gasteiger partial charge on any atom is 0.358 e. The molecule has 3 N–H and O–H groups in total. The highest BCUT2D eigenvalue weighted by molar-refractivity contribution is 6.02. The third kappa shape index (κ3) is 11.9. The minimum atomic E-state index is -0.963. The first-order valence-electron chi connectivity index (χ1n) is 18.9. The number of aromatic nitrogens is 6. The number of hydrogen-bond acceptors (Lipinski definition) is 16. The number of halogens is 3. The standard InChI is InChI=1S/C20H16FN5O4.C13H11FN2O3.C9H11N3O2.ClH/c1-26-18-17(7-4-8-22-18)29-11-15(20(26)28)24-19(27)14-9-12(10-23-25-14)30-16-6-3-2-5-13(16)21;1-2-18-13(17)11-7-9(8-15-16-11)19-12-6-4-3-5-10(12)14;1-12-8-7(3-2-4-11-8)14-5-6(10)9(12)13;/h2-10,15H,11H2,1H3,(H,24,27);3-8H,2H2,1H3;2-4,6H,5,10H2,1H3;1H/t15-;;6-;/m0.0./s1. The van der Waals surface area contributed by atoms with Gasteiger partial charge in [-0.05, 0) is 55.5 Å². The molecule has 0 radical (unpaired) electrons. The second-order valence-electron chi connectivity index (χ2n) is 13.0. The Morgan fingerprint density at radius 1 is 0.750 bits per heavy atom. The van der Waals surface area contributed by atoms with Crippen LogP contribution >= 0.6 is 12.4 Å². The molecule has 332 valence electrons. The van der Waals surface area contributed by atoms with Gasteiger partial charge < -0.3 is 34.7 Å². The zero-order valence-corrected chi connectivity index (χ0v) is 35.0. The van der Waals surface area contributed by atoms with Crippen molar-refractivity contribution in [1.82, 2.24) is 35.7 Å². The van der Waals surface area contributed by atoms with Crippen LogP contribution in [0.15, 0.2) is 110 Å². The molecule has 64 heavy (non-hydrogen) atoms. The summed E-state index contributed by atoms with van der Waals surface area (Å²) in [5, 5.41) is 17.3. The zero-order chi connectivity index (χ0) is 44.9. The van der Waals surface area contributed by atoms with E-state index in [1.165, 1.54) is 64.7 Å². The molecule has 0 unspecified atom stereocenters. The van der Waals surface area contributed by atoms with Gasteiger partial charge in [-0.15, -0.1) is 22.6 Å². The molecule has 19 nitrogen and oxygen atoms in total. The van der Waals surface area contributed by atoms with Crippen molar-refractivity contribution < 1.29 is 51.6 Å². The number of nitrogens with two attached hydrogens (primary N) is 1. The highest BCUT2D eigenvalue weighted by atomic mass is 35.5. The van der Waals surface area contributed by atoms with Gasteiger partial charge in [-0.25, -0.2) is 23.5 Å². The number of nitrogens with zero attached hydrogens (tertiary/aromatic N) is 8. The van der Waals surface area contributed by atoms with Crippen LogP contribution in [-0.4, -0.2) is 100 Å². The Morgan fingerprint density at radius 2 is 1.25 bits per heavy atom. The van der Waals surface area contributed by atoms with Crippen molar-refractivity contribution in [3.8, 4) is 34.5 Å². The van der Waals surface area contributed by atoms with E-state index in [9.17, 15) is 28.0 Å². The summed E-state index contributed by atoms with van der Waals surface area (Å²) in [6, 6.07) is 19.7. The fraction of sp³-hybridized carbons (Fsp3) is 0.190. The number of amides is 3. The predicted octanol–water partition coefficient (Wildman–Crippen LogP) is 4.73. The molecular weight excluding hydrogens is 862 g/mol. The molecule has 4 aromatic heterocycles. The summed E-state index contributed by atoms with van der Waals surface area (Å²) in [5.41, 5.74) is 5.52. The quantitative estimate of drug-likeness (QED) is 0.197. The number of carbonyl (C=O) groups excluding carboxylic acids is 4. The van der Waals surface area contributed by atoms with Crippen molar-refractivity contribution >= 4 is 47.7 Å². The molecule has 2 aromatic carbocycles. The Bertz CT molecular complexity index is 2600. The Labute approximate surface area is 369 Å². The van der Waals surface area contributed by atoms with E-state index >= 15 is 0 Å². The molecule has 0 spiro atoms. The van der Waals surface area contributed by atoms with Crippen LogP contribution in [0.2, 0.25) is 0 Å². The Balaban J connectivity index is 0.000000194. The van der Waals surface area contributed by atoms with E-state index in [2.05, 4.69) is 35.7 Å². The smallest absolute Gasteiger partial charge is 0.358 e. The topological polar surface area (TPSA) is 236 Å². The minimum Gasteiger partial charge on any atom is -0.488 e. The Hall–Kier alpha value is -7.91. The monoisotopic (exact) mass is 900 g/mol. The summed E-state index contributed by atoms with van der Waals surface area (Å²) in [7, 11) is 3.19. The molecule has 2 aliphatic heterocycles. The first-order valence-corrected chi connectivity index (χ1v) is 18.9. The lowest BCUT2D eigenvalue weighted by atomic mass is 10.2. The van der Waals surface area contributed by atoms with Crippen LogP contribution in [0.5, 0.6) is 34.5 Å². The van der Waals surface area contributed by atoms with Gasteiger partial charge in [-0.1, -0.05) is 24.3 Å². The lowest BCUT2D eigenvalue weighted by Crippen LogP contribution is -2.49. The number of likely N-dealkylation sites (N-methyl/N-ethyl adjacent to an activating group) is 2. The van der Waals surface area contributed by atoms with Crippen molar-refractivity contribution in [2.24, 2.45) is 5.73 Å². The van der Waals surface area contributed by atoms with E-state index in [4.69, 9.17) is 29.4 Å². The lowest BCUT2D eigenvalue weighted by molar-refractivity contribution is -0.121. The maximum atomic E-state index is 13.8. The molecular formula is C42H39ClF2N10O9. The first-order chi connectivity index (χ1) is 30.4. The minimum absolute atomic E-state index is 0. The summed E-state index contributed by atoms with van der Waals surface area (Å²) in [4.78, 5) is 59.3. The number of pyridine rings is 2. The van der Waals surface area contributed by atoms with Crippen molar-refractivity contribution in [1.29, 1.82) is 0 Å². The summed E-state index contributed by atoms with van der Waals surface area (Å²) >= 11 is 0. The number of fused-ring (bicyclic) bond motifs is 2. The number of esters is 1. The van der Waals surface area contributed by atoms with Gasteiger partial charge in [-0.3, -0.25) is 24.2 Å². The van der Waals surface area contributed by atoms with Crippen LogP contribution < -0.4 is 39.8 Å². The van der Waals surface area contributed by atoms with Gasteiger partial charge in [0, 0.05) is 38.6 Å². The van der Waals surface area contributed by atoms with E-state index < -0.39 is 41.5 Å². The molecule has 0 aliphatic carbocycles. The van der Waals surface area contributed by atoms with Gasteiger partial charge >= 0.3 is 5.97 Å². The zero-order valence-electron chi connectivity index (χ0n) is 34.2. The van der Waals surface area contributed by atoms with Crippen LogP contribution in [0.4, 0.5) is 20.4 Å². The summed E-state index contributed by atoms with van der Waals surface area (Å²) in [6.45, 7) is 2.04. The Kier molecular flexibility index (Phi) is 16.4. The Morgan fingerprint density at radius 3 is 1.80 bits per heavy atom. The molecule has 3 amide bonds. The largest absolute Gasteiger partial charge is 0.488 e. The highest BCUT2D eigenvalue weighted by Crippen LogP contribution is 2.29. The number of nitrogens with one attached hydrogen (secondary N) is 1. The molecule has 8 rings (SSSR count). The van der Waals surface area contributed by atoms with Gasteiger partial charge in [0.25, 0.3) is 11.8 Å². The van der Waals surface area contributed by atoms with E-state index in [0.717, 1.165) is 0 Å².